The third-order valence-corrected chi connectivity index (χ3v) is 4.93. The molecule has 1 unspecified atom stereocenters. The van der Waals surface area contributed by atoms with Gasteiger partial charge in [-0.3, -0.25) is 0 Å². The summed E-state index contributed by atoms with van der Waals surface area (Å²) in [5.41, 5.74) is 2.72. The molecule has 0 spiro atoms. The Hall–Kier alpha value is -0.900. The molecule has 3 nitrogen and oxygen atoms in total. The van der Waals surface area contributed by atoms with Crippen molar-refractivity contribution >= 4 is 0 Å². The second-order valence-corrected chi connectivity index (χ2v) is 6.36. The van der Waals surface area contributed by atoms with Gasteiger partial charge >= 0.3 is 0 Å². The maximum absolute atomic E-state index is 3.48. The number of nitrogens with one attached hydrogen (secondary N) is 1. The number of benzene rings is 1. The smallest absolute Gasteiger partial charge is 0.0446 e. The minimum Gasteiger partial charge on any atom is -0.312 e. The van der Waals surface area contributed by atoms with Gasteiger partial charge < -0.3 is 15.1 Å². The van der Waals surface area contributed by atoms with E-state index >= 15 is 0 Å². The molecule has 21 heavy (non-hydrogen) atoms. The summed E-state index contributed by atoms with van der Waals surface area (Å²) in [7, 11) is 4.35. The molecule has 1 aromatic rings. The third kappa shape index (κ3) is 4.53. The van der Waals surface area contributed by atoms with Gasteiger partial charge in [-0.2, -0.15) is 0 Å². The van der Waals surface area contributed by atoms with E-state index in [-0.39, 0.29) is 0 Å². The molecule has 0 aliphatic carbocycles. The number of hydrogen-bond donors (Lipinski definition) is 1. The summed E-state index contributed by atoms with van der Waals surface area (Å²) in [4.78, 5) is 5.11. The first-order valence-corrected chi connectivity index (χ1v) is 8.30. The lowest BCUT2D eigenvalue weighted by atomic mass is 10.0. The molecule has 1 fully saturated rings. The van der Waals surface area contributed by atoms with Gasteiger partial charge in [0.05, 0.1) is 0 Å². The highest BCUT2D eigenvalue weighted by Crippen LogP contribution is 2.20. The van der Waals surface area contributed by atoms with Gasteiger partial charge in [-0.15, -0.1) is 0 Å². The van der Waals surface area contributed by atoms with E-state index in [0.29, 0.717) is 6.04 Å². The molecule has 0 amide bonds. The molecule has 0 saturated carbocycles. The number of piperidine rings is 1. The van der Waals surface area contributed by atoms with E-state index in [0.717, 1.165) is 12.6 Å². The van der Waals surface area contributed by atoms with Gasteiger partial charge in [0.15, 0.2) is 0 Å². The van der Waals surface area contributed by atoms with Crippen LogP contribution in [0.2, 0.25) is 0 Å². The van der Waals surface area contributed by atoms with Crippen molar-refractivity contribution < 1.29 is 0 Å². The molecule has 1 atom stereocenters. The Balaban J connectivity index is 1.90. The van der Waals surface area contributed by atoms with Crippen molar-refractivity contribution in [3.8, 4) is 0 Å². The Labute approximate surface area is 130 Å². The second-order valence-electron chi connectivity index (χ2n) is 6.36. The van der Waals surface area contributed by atoms with Crippen LogP contribution in [0, 0.1) is 6.92 Å². The predicted octanol–water partition coefficient (Wildman–Crippen LogP) is 2.67. The first-order chi connectivity index (χ1) is 10.1. The van der Waals surface area contributed by atoms with Crippen molar-refractivity contribution in [1.29, 1.82) is 0 Å². The minimum atomic E-state index is 0.416. The van der Waals surface area contributed by atoms with Crippen LogP contribution in [0.15, 0.2) is 24.3 Å². The molecular formula is C18H31N3. The molecular weight excluding hydrogens is 258 g/mol. The third-order valence-electron chi connectivity index (χ3n) is 4.93. The molecule has 0 aromatic heterocycles. The van der Waals surface area contributed by atoms with E-state index in [4.69, 9.17) is 0 Å². The molecule has 1 N–H and O–H groups in total. The number of likely N-dealkylation sites (tertiary alicyclic amines) is 1. The summed E-state index contributed by atoms with van der Waals surface area (Å²) in [5.74, 6) is 0. The zero-order valence-electron chi connectivity index (χ0n) is 14.1. The number of nitrogens with zero attached hydrogens (tertiary/aromatic N) is 2. The van der Waals surface area contributed by atoms with Crippen LogP contribution in [0.5, 0.6) is 0 Å². The zero-order chi connectivity index (χ0) is 15.2. The molecule has 0 bridgehead atoms. The summed E-state index contributed by atoms with van der Waals surface area (Å²) < 4.78 is 0. The van der Waals surface area contributed by atoms with Crippen LogP contribution in [-0.2, 0) is 0 Å². The first-order valence-electron chi connectivity index (χ1n) is 8.30. The minimum absolute atomic E-state index is 0.416. The van der Waals surface area contributed by atoms with E-state index < -0.39 is 0 Å². The van der Waals surface area contributed by atoms with E-state index in [9.17, 15) is 0 Å². The lowest BCUT2D eigenvalue weighted by molar-refractivity contribution is 0.124. The number of aryl methyl sites for hydroxylation is 1. The van der Waals surface area contributed by atoms with Crippen LogP contribution in [0.25, 0.3) is 0 Å². The molecule has 0 radical (unpaired) electrons. The van der Waals surface area contributed by atoms with Gasteiger partial charge in [-0.25, -0.2) is 0 Å². The SMILES string of the molecule is CCN1CCC(N(C)CC(NC)c2ccc(C)cc2)CC1. The number of hydrogen-bond acceptors (Lipinski definition) is 3. The normalized spacial score (nSPS) is 19.1. The summed E-state index contributed by atoms with van der Waals surface area (Å²) >= 11 is 0. The maximum atomic E-state index is 3.48. The average molecular weight is 289 g/mol. The molecule has 2 rings (SSSR count). The van der Waals surface area contributed by atoms with E-state index in [2.05, 4.69) is 67.3 Å². The summed E-state index contributed by atoms with van der Waals surface area (Å²) in [6.07, 6.45) is 2.60. The maximum Gasteiger partial charge on any atom is 0.0446 e. The highest BCUT2D eigenvalue weighted by Gasteiger charge is 2.23. The lowest BCUT2D eigenvalue weighted by Crippen LogP contribution is -2.45. The van der Waals surface area contributed by atoms with Crippen molar-refractivity contribution in [1.82, 2.24) is 15.1 Å². The van der Waals surface area contributed by atoms with E-state index in [1.165, 1.54) is 43.6 Å². The van der Waals surface area contributed by atoms with E-state index in [1.54, 1.807) is 0 Å². The topological polar surface area (TPSA) is 18.5 Å². The Bertz CT molecular complexity index is 407. The van der Waals surface area contributed by atoms with Crippen LogP contribution in [0.1, 0.15) is 36.9 Å². The van der Waals surface area contributed by atoms with Gasteiger partial charge in [0.1, 0.15) is 0 Å². The fourth-order valence-electron chi connectivity index (χ4n) is 3.28. The van der Waals surface area contributed by atoms with Gasteiger partial charge in [-0.05, 0) is 59.1 Å². The largest absolute Gasteiger partial charge is 0.312 e. The second kappa shape index (κ2) is 7.92. The van der Waals surface area contributed by atoms with Crippen LogP contribution >= 0.6 is 0 Å². The Kier molecular flexibility index (Phi) is 6.22. The Morgan fingerprint density at radius 1 is 1.24 bits per heavy atom. The van der Waals surface area contributed by atoms with Gasteiger partial charge in [-0.1, -0.05) is 36.8 Å². The lowest BCUT2D eigenvalue weighted by Gasteiger charge is -2.37. The Morgan fingerprint density at radius 3 is 2.38 bits per heavy atom. The van der Waals surface area contributed by atoms with Crippen molar-refractivity contribution in [3.63, 3.8) is 0 Å². The standard InChI is InChI=1S/C18H31N3/c1-5-21-12-10-17(11-13-21)20(4)14-18(19-3)16-8-6-15(2)7-9-16/h6-9,17-19H,5,10-14H2,1-4H3. The van der Waals surface area contributed by atoms with Crippen LogP contribution in [0.3, 0.4) is 0 Å². The summed E-state index contributed by atoms with van der Waals surface area (Å²) in [6, 6.07) is 10.1. The van der Waals surface area contributed by atoms with Gasteiger partial charge in [0.2, 0.25) is 0 Å². The molecule has 3 heteroatoms. The molecule has 1 aliphatic rings. The molecule has 1 saturated heterocycles. The van der Waals surface area contributed by atoms with E-state index in [1.807, 2.05) is 0 Å². The number of likely N-dealkylation sites (N-methyl/N-ethyl adjacent to an activating group) is 2. The molecule has 1 aromatic carbocycles. The van der Waals surface area contributed by atoms with Gasteiger partial charge in [0.25, 0.3) is 0 Å². The van der Waals surface area contributed by atoms with Gasteiger partial charge in [0, 0.05) is 18.6 Å². The first kappa shape index (κ1) is 16.5. The average Bonchev–Trinajstić information content (AvgIpc) is 2.53. The molecule has 118 valence electrons. The van der Waals surface area contributed by atoms with Crippen molar-refractivity contribution in [2.75, 3.05) is 40.3 Å². The van der Waals surface area contributed by atoms with Crippen LogP contribution in [0.4, 0.5) is 0 Å². The van der Waals surface area contributed by atoms with Crippen LogP contribution < -0.4 is 5.32 Å². The van der Waals surface area contributed by atoms with Crippen molar-refractivity contribution in [2.45, 2.75) is 38.8 Å². The van der Waals surface area contributed by atoms with Crippen LogP contribution in [-0.4, -0.2) is 56.1 Å². The fourth-order valence-corrected chi connectivity index (χ4v) is 3.28. The summed E-state index contributed by atoms with van der Waals surface area (Å²) in [5, 5.41) is 3.48. The number of rotatable bonds is 6. The highest BCUT2D eigenvalue weighted by atomic mass is 15.2. The monoisotopic (exact) mass is 289 g/mol. The predicted molar refractivity (Wildman–Crippen MR) is 90.7 cm³/mol. The Morgan fingerprint density at radius 2 is 1.86 bits per heavy atom. The highest BCUT2D eigenvalue weighted by molar-refractivity contribution is 5.24. The molecule has 1 heterocycles. The quantitative estimate of drug-likeness (QED) is 0.868. The molecule has 1 aliphatic heterocycles. The fraction of sp³-hybridized carbons (Fsp3) is 0.667. The zero-order valence-corrected chi connectivity index (χ0v) is 14.1. The van der Waals surface area contributed by atoms with Crippen molar-refractivity contribution in [3.05, 3.63) is 35.4 Å². The summed E-state index contributed by atoms with van der Waals surface area (Å²) in [6.45, 7) is 9.18. The van der Waals surface area contributed by atoms with Crippen molar-refractivity contribution in [2.24, 2.45) is 0 Å².